The summed E-state index contributed by atoms with van der Waals surface area (Å²) in [6.45, 7) is 24.9. The van der Waals surface area contributed by atoms with Crippen molar-refractivity contribution < 1.29 is 114 Å². The van der Waals surface area contributed by atoms with Crippen LogP contribution in [0.25, 0.3) is 0 Å². The van der Waals surface area contributed by atoms with Gasteiger partial charge in [0.1, 0.15) is 33.0 Å². The molecule has 590 valence electrons. The number of amides is 8. The number of benzene rings is 2. The Balaban J connectivity index is -0.00000172. The molecule has 8 amide bonds. The minimum absolute atomic E-state index is 0.0297. The van der Waals surface area contributed by atoms with Crippen LogP contribution in [0.5, 0.6) is 0 Å². The number of alkyl carbamates (subject to hydrolysis) is 2. The maximum atomic E-state index is 13.0. The van der Waals surface area contributed by atoms with Crippen LogP contribution in [0.4, 0.5) is 37.1 Å². The van der Waals surface area contributed by atoms with E-state index in [9.17, 15) is 52.7 Å². The Labute approximate surface area is 647 Å². The lowest BCUT2D eigenvalue weighted by molar-refractivity contribution is -0.122. The maximum absolute atomic E-state index is 13.0. The van der Waals surface area contributed by atoms with Crippen LogP contribution in [0.3, 0.4) is 0 Å². The molecule has 0 saturated carbocycles. The summed E-state index contributed by atoms with van der Waals surface area (Å²) in [6.07, 6.45) is -1.24. The van der Waals surface area contributed by atoms with E-state index in [1.54, 1.807) is 12.1 Å². The molecular formula is C66H110I2N8O24S3. The van der Waals surface area contributed by atoms with Gasteiger partial charge in [0.15, 0.2) is 17.3 Å². The number of ether oxygens (including phenoxy) is 13. The van der Waals surface area contributed by atoms with E-state index in [0.717, 1.165) is 17.5 Å². The van der Waals surface area contributed by atoms with Crippen molar-refractivity contribution >= 4 is 168 Å². The summed E-state index contributed by atoms with van der Waals surface area (Å²) in [5.41, 5.74) is 1.79. The third kappa shape index (κ3) is 68.4. The standard InChI is InChI=1S/C35H56N4O14S2.C18H24I2N4O6.C9H18O4S.2C2H6/c1-4-46-15-16-53-34(44)37-6-5-36-33(43)29-21-30(38-32(42)26-54-19-17-49-9-7-47-11-13-51-24-27(2)40)23-31(22-29)39-35(45)55-20-18-50-10-8-48-12-14-52-25-28(3)41;1-2-29-5-6-30-18(28)22-4-3-21-17(27)12-7-13(23-15(25)10-19)9-14(8-12)24-16(26)11-20;1-9(10)8-13-5-4-11-2-3-12-6-7-14;2*1-2/h21-23H,4-20,24-26H2,1-3H3,(H,36,43)(H,37,44)(H,38,42)(H,39,45);7-9H,2-6,10-11H2,1H3,(H,21,27)(H,22,28)(H,23,25)(H,24,26);14H,2-8H2,1H3;2*1-2H3. The highest BCUT2D eigenvalue weighted by molar-refractivity contribution is 14.1. The molecule has 0 spiro atoms. The topological polar surface area (TPSA) is 404 Å². The number of nitrogens with one attached hydrogen (secondary N) is 8. The van der Waals surface area contributed by atoms with Gasteiger partial charge in [-0.15, -0.1) is 11.8 Å². The summed E-state index contributed by atoms with van der Waals surface area (Å²) < 4.78 is 67.8. The number of thioether (sulfide) groups is 2. The van der Waals surface area contributed by atoms with Crippen molar-refractivity contribution in [1.29, 1.82) is 0 Å². The molecule has 2 rings (SSSR count). The van der Waals surface area contributed by atoms with E-state index < -0.39 is 29.2 Å². The summed E-state index contributed by atoms with van der Waals surface area (Å²) in [6, 6.07) is 9.09. The van der Waals surface area contributed by atoms with Gasteiger partial charge in [-0.05, 0) is 71.0 Å². The van der Waals surface area contributed by atoms with E-state index in [4.69, 9.17) is 61.6 Å². The van der Waals surface area contributed by atoms with Crippen molar-refractivity contribution in [2.24, 2.45) is 0 Å². The third-order valence-electron chi connectivity index (χ3n) is 10.9. The number of hydrogen-bond acceptors (Lipinski definition) is 27. The van der Waals surface area contributed by atoms with E-state index in [1.165, 1.54) is 56.8 Å². The first-order chi connectivity index (χ1) is 49.8. The maximum Gasteiger partial charge on any atom is 0.407 e. The van der Waals surface area contributed by atoms with E-state index in [0.29, 0.717) is 141 Å². The van der Waals surface area contributed by atoms with Crippen LogP contribution in [0.1, 0.15) is 83.0 Å². The molecule has 0 heterocycles. The van der Waals surface area contributed by atoms with E-state index in [1.807, 2.05) is 86.7 Å². The number of alkyl halides is 2. The van der Waals surface area contributed by atoms with Crippen molar-refractivity contribution in [1.82, 2.24) is 21.3 Å². The van der Waals surface area contributed by atoms with Gasteiger partial charge in [-0.2, -0.15) is 12.6 Å². The molecule has 32 nitrogen and oxygen atoms in total. The summed E-state index contributed by atoms with van der Waals surface area (Å²) >= 11 is 10.2. The molecule has 0 atom stereocenters. The molecule has 0 bridgehead atoms. The molecule has 0 radical (unpaired) electrons. The van der Waals surface area contributed by atoms with Gasteiger partial charge < -0.3 is 104 Å². The van der Waals surface area contributed by atoms with Gasteiger partial charge in [0, 0.05) is 90.5 Å². The molecule has 37 heteroatoms. The number of Topliss-reactive ketones (excluding diaryl/α,β-unsaturated/α-hetero) is 3. The fourth-order valence-electron chi connectivity index (χ4n) is 6.72. The molecule has 0 fully saturated rings. The Morgan fingerprint density at radius 2 is 0.689 bits per heavy atom. The zero-order valence-electron chi connectivity index (χ0n) is 60.8. The fourth-order valence-corrected chi connectivity index (χ4v) is 8.44. The van der Waals surface area contributed by atoms with Gasteiger partial charge in [-0.1, -0.05) is 84.6 Å². The molecule has 2 aromatic carbocycles. The lowest BCUT2D eigenvalue weighted by Crippen LogP contribution is -2.35. The van der Waals surface area contributed by atoms with Gasteiger partial charge in [0.05, 0.1) is 127 Å². The van der Waals surface area contributed by atoms with Gasteiger partial charge in [-0.25, -0.2) is 9.59 Å². The number of thiol groups is 1. The summed E-state index contributed by atoms with van der Waals surface area (Å²) in [7, 11) is 0. The van der Waals surface area contributed by atoms with Crippen molar-refractivity contribution in [3.8, 4) is 0 Å². The van der Waals surface area contributed by atoms with Gasteiger partial charge in [-0.3, -0.25) is 43.2 Å². The largest absolute Gasteiger partial charge is 0.447 e. The highest BCUT2D eigenvalue weighted by Gasteiger charge is 2.16. The molecule has 0 aromatic heterocycles. The predicted octanol–water partition coefficient (Wildman–Crippen LogP) is 6.93. The molecule has 2 aromatic rings. The van der Waals surface area contributed by atoms with Crippen LogP contribution in [0.15, 0.2) is 36.4 Å². The molecule has 0 unspecified atom stereocenters. The average molecular weight is 1750 g/mol. The van der Waals surface area contributed by atoms with E-state index in [-0.39, 0.29) is 139 Å². The molecular weight excluding hydrogens is 1640 g/mol. The van der Waals surface area contributed by atoms with Crippen LogP contribution in [-0.2, 0) is 90.3 Å². The van der Waals surface area contributed by atoms with Crippen LogP contribution in [-0.4, -0.2) is 281 Å². The first kappa shape index (κ1) is 102. The highest BCUT2D eigenvalue weighted by Crippen LogP contribution is 2.23. The molecule has 8 N–H and O–H groups in total. The fraction of sp³-hybridized carbons (Fsp3) is 0.652. The van der Waals surface area contributed by atoms with Gasteiger partial charge >= 0.3 is 12.2 Å². The highest BCUT2D eigenvalue weighted by atomic mass is 127. The number of halogens is 2. The molecule has 0 aliphatic rings. The lowest BCUT2D eigenvalue weighted by atomic mass is 10.1. The minimum Gasteiger partial charge on any atom is -0.447 e. The monoisotopic (exact) mass is 1750 g/mol. The SMILES string of the molecule is CC.CC.CC(=O)COCCOCCOCCS.CCOCCOC(=O)NCCNC(=O)c1cc(NC(=O)CI)cc(NC(=O)CI)c1.CCOCCOC(=O)NCCNC(=O)c1cc(NC(=O)CSCCOCCOCCOCC(C)=O)cc(NC(=O)SCCOCCOCCOCC(C)=O)c1. The second-order valence-electron chi connectivity index (χ2n) is 19.5. The number of rotatable bonds is 56. The molecule has 0 aliphatic heterocycles. The summed E-state index contributed by atoms with van der Waals surface area (Å²) in [4.78, 5) is 130. The third-order valence-corrected chi connectivity index (χ3v) is 14.1. The predicted molar refractivity (Wildman–Crippen MR) is 418 cm³/mol. The number of anilines is 4. The lowest BCUT2D eigenvalue weighted by Gasteiger charge is -2.13. The van der Waals surface area contributed by atoms with Gasteiger partial charge in [0.25, 0.3) is 17.1 Å². The number of carbonyl (C=O) groups excluding carboxylic acids is 11. The van der Waals surface area contributed by atoms with Crippen molar-refractivity contribution in [3.05, 3.63) is 47.5 Å². The second-order valence-corrected chi connectivity index (χ2v) is 23.7. The summed E-state index contributed by atoms with van der Waals surface area (Å²) in [5, 5.41) is 20.8. The summed E-state index contributed by atoms with van der Waals surface area (Å²) in [5.74, 6) is -0.0198. The Kier molecular flexibility index (Phi) is 74.4. The number of carbonyl (C=O) groups is 11. The molecule has 0 saturated heterocycles. The zero-order chi connectivity index (χ0) is 77.4. The van der Waals surface area contributed by atoms with E-state index in [2.05, 4.69) is 55.2 Å². The number of ketones is 3. The Morgan fingerprint density at radius 3 is 1.04 bits per heavy atom. The van der Waals surface area contributed by atoms with Crippen LogP contribution >= 0.6 is 81.3 Å². The smallest absolute Gasteiger partial charge is 0.407 e. The Bertz CT molecular complexity index is 2600. The van der Waals surface area contributed by atoms with Crippen LogP contribution in [0.2, 0.25) is 0 Å². The number of hydrogen-bond donors (Lipinski definition) is 9. The molecule has 103 heavy (non-hydrogen) atoms. The first-order valence-corrected chi connectivity index (χ1v) is 39.2. The van der Waals surface area contributed by atoms with E-state index >= 15 is 0 Å². The average Bonchev–Trinajstić information content (AvgIpc) is 0.853. The zero-order valence-corrected chi connectivity index (χ0v) is 67.7. The normalized spacial score (nSPS) is 10.3. The Morgan fingerprint density at radius 1 is 0.379 bits per heavy atom. The van der Waals surface area contributed by atoms with Crippen LogP contribution in [0, 0.1) is 0 Å². The van der Waals surface area contributed by atoms with Gasteiger partial charge in [0.2, 0.25) is 17.7 Å². The van der Waals surface area contributed by atoms with Crippen molar-refractivity contribution in [3.63, 3.8) is 0 Å². The van der Waals surface area contributed by atoms with Crippen molar-refractivity contribution in [2.75, 3.05) is 238 Å². The molecule has 0 aliphatic carbocycles. The Hall–Kier alpha value is -5.12. The van der Waals surface area contributed by atoms with Crippen molar-refractivity contribution in [2.45, 2.75) is 62.3 Å². The quantitative estimate of drug-likeness (QED) is 0.0140. The minimum atomic E-state index is -0.643. The first-order valence-electron chi connectivity index (χ1n) is 33.4. The second kappa shape index (κ2) is 75.1. The van der Waals surface area contributed by atoms with Crippen LogP contribution < -0.4 is 42.5 Å².